The molecule has 3 aromatic rings. The third kappa shape index (κ3) is 4.85. The van der Waals surface area contributed by atoms with Crippen LogP contribution in [0, 0.1) is 0 Å². The Morgan fingerprint density at radius 1 is 1.00 bits per heavy atom. The maximum absolute atomic E-state index is 11.6. The highest BCUT2D eigenvalue weighted by molar-refractivity contribution is 5.98. The Bertz CT molecular complexity index is 1070. The normalized spacial score (nSPS) is 23.0. The number of hydrogen-bond acceptors (Lipinski definition) is 7. The number of benzene rings is 3. The monoisotopic (exact) mass is 438 g/mol. The molecule has 1 saturated heterocycles. The summed E-state index contributed by atoms with van der Waals surface area (Å²) in [6, 6.07) is 18.5. The van der Waals surface area contributed by atoms with E-state index in [2.05, 4.69) is 0 Å². The minimum atomic E-state index is -0.970. The molecule has 1 aliphatic rings. The molecule has 32 heavy (non-hydrogen) atoms. The van der Waals surface area contributed by atoms with Gasteiger partial charge in [-0.05, 0) is 30.7 Å². The zero-order valence-corrected chi connectivity index (χ0v) is 17.9. The summed E-state index contributed by atoms with van der Waals surface area (Å²) in [5, 5.41) is 21.3. The van der Waals surface area contributed by atoms with E-state index in [0.717, 1.165) is 5.56 Å². The summed E-state index contributed by atoms with van der Waals surface area (Å²) in [6.45, 7) is 3.37. The van der Waals surface area contributed by atoms with Gasteiger partial charge in [0.15, 0.2) is 0 Å². The largest absolute Gasteiger partial charge is 0.488 e. The third-order valence-electron chi connectivity index (χ3n) is 5.35. The van der Waals surface area contributed by atoms with Crippen molar-refractivity contribution in [2.45, 2.75) is 51.5 Å². The van der Waals surface area contributed by atoms with E-state index in [1.54, 1.807) is 19.1 Å². The van der Waals surface area contributed by atoms with Crippen molar-refractivity contribution in [3.63, 3.8) is 0 Å². The molecule has 1 aliphatic heterocycles. The first-order chi connectivity index (χ1) is 15.4. The number of hydrogen-bond donors (Lipinski definition) is 2. The van der Waals surface area contributed by atoms with Crippen LogP contribution in [0.5, 0.6) is 17.2 Å². The lowest BCUT2D eigenvalue weighted by atomic mass is 10.0. The van der Waals surface area contributed by atoms with E-state index in [1.165, 1.54) is 6.92 Å². The average molecular weight is 438 g/mol. The molecule has 0 unspecified atom stereocenters. The number of aliphatic hydroxyl groups is 2. The van der Waals surface area contributed by atoms with Crippen LogP contribution in [0.25, 0.3) is 10.8 Å². The Morgan fingerprint density at radius 3 is 2.47 bits per heavy atom. The molecule has 4 rings (SSSR count). The molecule has 0 aromatic heterocycles. The summed E-state index contributed by atoms with van der Waals surface area (Å²) in [6.07, 6.45) is -3.14. The van der Waals surface area contributed by atoms with E-state index in [0.29, 0.717) is 34.6 Å². The van der Waals surface area contributed by atoms with E-state index in [4.69, 9.17) is 18.9 Å². The summed E-state index contributed by atoms with van der Waals surface area (Å²) in [7, 11) is 0. The van der Waals surface area contributed by atoms with Crippen LogP contribution in [-0.2, 0) is 16.1 Å². The van der Waals surface area contributed by atoms with E-state index < -0.39 is 30.6 Å². The van der Waals surface area contributed by atoms with Crippen molar-refractivity contribution in [1.29, 1.82) is 0 Å². The highest BCUT2D eigenvalue weighted by atomic mass is 16.7. The minimum Gasteiger partial charge on any atom is -0.488 e. The van der Waals surface area contributed by atoms with Gasteiger partial charge in [0, 0.05) is 18.7 Å². The van der Waals surface area contributed by atoms with Crippen LogP contribution in [-0.4, -0.2) is 40.8 Å². The SMILES string of the molecule is CC(=O)Oc1ccc(O[C@@H]2C[C@@H](O)[C@H](O)[C@@H](C)O2)c2c(OCc3ccccc3)cccc12. The fourth-order valence-electron chi connectivity index (χ4n) is 3.76. The zero-order chi connectivity index (χ0) is 22.7. The molecular formula is C25H26O7. The van der Waals surface area contributed by atoms with Crippen LogP contribution >= 0.6 is 0 Å². The van der Waals surface area contributed by atoms with Gasteiger partial charge in [0.2, 0.25) is 6.29 Å². The fraction of sp³-hybridized carbons (Fsp3) is 0.320. The zero-order valence-electron chi connectivity index (χ0n) is 17.9. The molecule has 0 saturated carbocycles. The predicted octanol–water partition coefficient (Wildman–Crippen LogP) is 3.58. The number of esters is 1. The quantitative estimate of drug-likeness (QED) is 0.449. The Hall–Kier alpha value is -3.13. The van der Waals surface area contributed by atoms with E-state index >= 15 is 0 Å². The van der Waals surface area contributed by atoms with Gasteiger partial charge in [-0.15, -0.1) is 0 Å². The number of carbonyl (C=O) groups is 1. The standard InChI is InChI=1S/C25H26O7/c1-15-25(28)19(27)13-23(30-15)32-22-12-11-20(31-16(2)26)18-9-6-10-21(24(18)22)29-14-17-7-4-3-5-8-17/h3-12,15,19,23,25,27-28H,13-14H2,1-2H3/t15-,19-,23-,25-/m1/s1. The van der Waals surface area contributed by atoms with Gasteiger partial charge in [-0.2, -0.15) is 0 Å². The summed E-state index contributed by atoms with van der Waals surface area (Å²) < 4.78 is 23.3. The van der Waals surface area contributed by atoms with Crippen molar-refractivity contribution >= 4 is 16.7 Å². The average Bonchev–Trinajstić information content (AvgIpc) is 2.78. The van der Waals surface area contributed by atoms with Crippen molar-refractivity contribution in [2.24, 2.45) is 0 Å². The lowest BCUT2D eigenvalue weighted by Gasteiger charge is -2.35. The van der Waals surface area contributed by atoms with E-state index in [9.17, 15) is 15.0 Å². The van der Waals surface area contributed by atoms with Gasteiger partial charge >= 0.3 is 5.97 Å². The molecule has 7 heteroatoms. The van der Waals surface area contributed by atoms with Crippen molar-refractivity contribution in [3.05, 3.63) is 66.2 Å². The maximum atomic E-state index is 11.6. The number of fused-ring (bicyclic) bond motifs is 1. The lowest BCUT2D eigenvalue weighted by molar-refractivity contribution is -0.216. The van der Waals surface area contributed by atoms with Gasteiger partial charge in [-0.25, -0.2) is 0 Å². The summed E-state index contributed by atoms with van der Waals surface area (Å²) in [5.41, 5.74) is 1.00. The van der Waals surface area contributed by atoms with Crippen LogP contribution < -0.4 is 14.2 Å². The second-order valence-corrected chi connectivity index (χ2v) is 7.79. The highest BCUT2D eigenvalue weighted by Gasteiger charge is 2.35. The molecule has 1 fully saturated rings. The molecule has 4 atom stereocenters. The fourth-order valence-corrected chi connectivity index (χ4v) is 3.76. The Kier molecular flexibility index (Phi) is 6.60. The molecule has 0 spiro atoms. The molecule has 3 aromatic carbocycles. The van der Waals surface area contributed by atoms with Gasteiger partial charge in [-0.1, -0.05) is 42.5 Å². The van der Waals surface area contributed by atoms with Gasteiger partial charge in [-0.3, -0.25) is 4.79 Å². The lowest BCUT2D eigenvalue weighted by Crippen LogP contribution is -2.48. The molecule has 0 aliphatic carbocycles. The number of aliphatic hydroxyl groups excluding tert-OH is 2. The number of rotatable bonds is 6. The van der Waals surface area contributed by atoms with Gasteiger partial charge in [0.25, 0.3) is 0 Å². The first-order valence-corrected chi connectivity index (χ1v) is 10.5. The van der Waals surface area contributed by atoms with Crippen LogP contribution in [0.1, 0.15) is 25.8 Å². The van der Waals surface area contributed by atoms with Crippen LogP contribution in [0.4, 0.5) is 0 Å². The van der Waals surface area contributed by atoms with Crippen molar-refractivity contribution in [1.82, 2.24) is 0 Å². The molecule has 168 valence electrons. The van der Waals surface area contributed by atoms with Crippen LogP contribution in [0.2, 0.25) is 0 Å². The van der Waals surface area contributed by atoms with E-state index in [1.807, 2.05) is 48.5 Å². The summed E-state index contributed by atoms with van der Waals surface area (Å²) >= 11 is 0. The van der Waals surface area contributed by atoms with Crippen molar-refractivity contribution in [2.75, 3.05) is 0 Å². The van der Waals surface area contributed by atoms with Crippen molar-refractivity contribution in [3.8, 4) is 17.2 Å². The third-order valence-corrected chi connectivity index (χ3v) is 5.35. The Labute approximate surface area is 186 Å². The summed E-state index contributed by atoms with van der Waals surface area (Å²) in [5.74, 6) is 0.968. The smallest absolute Gasteiger partial charge is 0.308 e. The molecule has 7 nitrogen and oxygen atoms in total. The summed E-state index contributed by atoms with van der Waals surface area (Å²) in [4.78, 5) is 11.6. The highest BCUT2D eigenvalue weighted by Crippen LogP contribution is 2.41. The van der Waals surface area contributed by atoms with Crippen LogP contribution in [0.15, 0.2) is 60.7 Å². The number of ether oxygens (including phenoxy) is 4. The minimum absolute atomic E-state index is 0.117. The van der Waals surface area contributed by atoms with Gasteiger partial charge in [0.05, 0.1) is 17.6 Å². The van der Waals surface area contributed by atoms with E-state index in [-0.39, 0.29) is 6.42 Å². The molecule has 2 N–H and O–H groups in total. The molecule has 0 bridgehead atoms. The topological polar surface area (TPSA) is 94.5 Å². The second-order valence-electron chi connectivity index (χ2n) is 7.79. The van der Waals surface area contributed by atoms with Gasteiger partial charge < -0.3 is 29.2 Å². The van der Waals surface area contributed by atoms with Crippen LogP contribution in [0.3, 0.4) is 0 Å². The van der Waals surface area contributed by atoms with Crippen molar-refractivity contribution < 1.29 is 34.0 Å². The first-order valence-electron chi connectivity index (χ1n) is 10.5. The predicted molar refractivity (Wildman–Crippen MR) is 118 cm³/mol. The maximum Gasteiger partial charge on any atom is 0.308 e. The molecule has 0 radical (unpaired) electrons. The molecule has 1 heterocycles. The molecular weight excluding hydrogens is 412 g/mol. The van der Waals surface area contributed by atoms with Gasteiger partial charge in [0.1, 0.15) is 30.0 Å². The number of carbonyl (C=O) groups excluding carboxylic acids is 1. The second kappa shape index (κ2) is 9.56. The Morgan fingerprint density at radius 2 is 1.75 bits per heavy atom. The first kappa shape index (κ1) is 22.1. The molecule has 0 amide bonds. The Balaban J connectivity index is 1.70.